The van der Waals surface area contributed by atoms with Crippen molar-refractivity contribution in [2.24, 2.45) is 5.92 Å². The maximum atomic E-state index is 11.9. The van der Waals surface area contributed by atoms with E-state index < -0.39 is 4.92 Å². The Hall–Kier alpha value is -1.95. The van der Waals surface area contributed by atoms with Gasteiger partial charge >= 0.3 is 0 Å². The number of ketones is 1. The Balaban J connectivity index is 2.25. The zero-order chi connectivity index (χ0) is 15.6. The summed E-state index contributed by atoms with van der Waals surface area (Å²) in [5, 5.41) is 10.9. The Labute approximate surface area is 130 Å². The summed E-state index contributed by atoms with van der Waals surface area (Å²) < 4.78 is 2.32. The van der Waals surface area contributed by atoms with Crippen molar-refractivity contribution in [2.45, 2.75) is 20.4 Å². The monoisotopic (exact) mass is 350 g/mol. The molecule has 0 saturated carbocycles. The molecule has 0 amide bonds. The van der Waals surface area contributed by atoms with E-state index >= 15 is 0 Å². The van der Waals surface area contributed by atoms with E-state index in [0.29, 0.717) is 16.6 Å². The minimum Gasteiger partial charge on any atom is -0.349 e. The number of halogens is 1. The second-order valence-electron chi connectivity index (χ2n) is 5.10. The third-order valence-corrected chi connectivity index (χ3v) is 4.08. The van der Waals surface area contributed by atoms with Crippen LogP contribution in [0.4, 0.5) is 5.69 Å². The molecule has 0 atom stereocenters. The summed E-state index contributed by atoms with van der Waals surface area (Å²) in [6.07, 6.45) is 3.58. The van der Waals surface area contributed by atoms with Gasteiger partial charge in [0.25, 0.3) is 5.69 Å². The molecule has 0 N–H and O–H groups in total. The number of nitro groups is 1. The number of benzene rings is 1. The molecule has 6 heteroatoms. The fraction of sp³-hybridized carbons (Fsp3) is 0.267. The van der Waals surface area contributed by atoms with Crippen molar-refractivity contribution in [3.63, 3.8) is 0 Å². The highest BCUT2D eigenvalue weighted by Gasteiger charge is 2.16. The molecule has 0 aliphatic heterocycles. The van der Waals surface area contributed by atoms with Crippen molar-refractivity contribution in [2.75, 3.05) is 0 Å². The van der Waals surface area contributed by atoms with Gasteiger partial charge in [-0.05, 0) is 27.6 Å². The quantitative estimate of drug-likeness (QED) is 0.464. The van der Waals surface area contributed by atoms with Gasteiger partial charge < -0.3 is 4.57 Å². The van der Waals surface area contributed by atoms with Gasteiger partial charge in [-0.15, -0.1) is 0 Å². The van der Waals surface area contributed by atoms with Gasteiger partial charge in [0.15, 0.2) is 5.78 Å². The highest BCUT2D eigenvalue weighted by Crippen LogP contribution is 2.28. The molecule has 2 aromatic rings. The molecule has 0 fully saturated rings. The number of carbonyl (C=O) groups is 1. The maximum Gasteiger partial charge on any atom is 0.283 e. The van der Waals surface area contributed by atoms with Crippen LogP contribution in [0.25, 0.3) is 0 Å². The molecule has 0 unspecified atom stereocenters. The molecule has 0 radical (unpaired) electrons. The van der Waals surface area contributed by atoms with Crippen molar-refractivity contribution in [3.05, 3.63) is 62.4 Å². The fourth-order valence-corrected chi connectivity index (χ4v) is 2.58. The van der Waals surface area contributed by atoms with Gasteiger partial charge in [-0.2, -0.15) is 0 Å². The molecule has 0 aliphatic carbocycles. The minimum atomic E-state index is -0.420. The lowest BCUT2D eigenvalue weighted by atomic mass is 10.0. The van der Waals surface area contributed by atoms with Gasteiger partial charge in [-0.3, -0.25) is 14.9 Å². The molecule has 1 aromatic heterocycles. The molecule has 1 heterocycles. The number of hydrogen-bond acceptors (Lipinski definition) is 3. The molecular formula is C15H15BrN2O3. The molecule has 0 aliphatic rings. The van der Waals surface area contributed by atoms with Gasteiger partial charge in [0, 0.05) is 36.5 Å². The molecule has 21 heavy (non-hydrogen) atoms. The first-order valence-electron chi connectivity index (χ1n) is 6.52. The van der Waals surface area contributed by atoms with Crippen LogP contribution in [0, 0.1) is 16.0 Å². The van der Waals surface area contributed by atoms with E-state index in [2.05, 4.69) is 15.9 Å². The summed E-state index contributed by atoms with van der Waals surface area (Å²) in [5.41, 5.74) is 1.49. The average molecular weight is 351 g/mol. The van der Waals surface area contributed by atoms with Gasteiger partial charge in [0.1, 0.15) is 4.47 Å². The number of nitro benzene ring substituents is 1. The van der Waals surface area contributed by atoms with E-state index in [-0.39, 0.29) is 17.4 Å². The van der Waals surface area contributed by atoms with Crippen molar-refractivity contribution in [3.8, 4) is 0 Å². The number of Topliss-reactive ketones (excluding diaryl/α,β-unsaturated/α-hetero) is 1. The summed E-state index contributed by atoms with van der Waals surface area (Å²) in [6, 6.07) is 6.70. The van der Waals surface area contributed by atoms with Crippen molar-refractivity contribution < 1.29 is 9.72 Å². The van der Waals surface area contributed by atoms with Crippen molar-refractivity contribution >= 4 is 27.4 Å². The first-order chi connectivity index (χ1) is 9.90. The first-order valence-corrected chi connectivity index (χ1v) is 7.31. The van der Waals surface area contributed by atoms with Crippen LogP contribution in [0.3, 0.4) is 0 Å². The Bertz CT molecular complexity index is 692. The van der Waals surface area contributed by atoms with E-state index in [4.69, 9.17) is 0 Å². The number of hydrogen-bond donors (Lipinski definition) is 0. The van der Waals surface area contributed by atoms with Crippen molar-refractivity contribution in [1.82, 2.24) is 4.57 Å². The summed E-state index contributed by atoms with van der Waals surface area (Å²) in [4.78, 5) is 22.4. The van der Waals surface area contributed by atoms with Crippen LogP contribution in [0.5, 0.6) is 0 Å². The van der Waals surface area contributed by atoms with Gasteiger partial charge in [0.2, 0.25) is 0 Å². The molecule has 5 nitrogen and oxygen atoms in total. The fourth-order valence-electron chi connectivity index (χ4n) is 2.04. The van der Waals surface area contributed by atoms with Crippen LogP contribution >= 0.6 is 15.9 Å². The zero-order valence-electron chi connectivity index (χ0n) is 11.7. The Kier molecular flexibility index (Phi) is 4.57. The van der Waals surface area contributed by atoms with E-state index in [1.807, 2.05) is 24.5 Å². The average Bonchev–Trinajstić information content (AvgIpc) is 2.88. The third kappa shape index (κ3) is 3.39. The van der Waals surface area contributed by atoms with Crippen LogP contribution in [0.15, 0.2) is 41.1 Å². The van der Waals surface area contributed by atoms with Crippen LogP contribution < -0.4 is 0 Å². The lowest BCUT2D eigenvalue weighted by Crippen LogP contribution is -2.06. The van der Waals surface area contributed by atoms with Gasteiger partial charge in [-0.1, -0.05) is 26.0 Å². The zero-order valence-corrected chi connectivity index (χ0v) is 13.3. The molecule has 0 spiro atoms. The van der Waals surface area contributed by atoms with E-state index in [9.17, 15) is 14.9 Å². The van der Waals surface area contributed by atoms with Crippen LogP contribution in [0.2, 0.25) is 0 Å². The van der Waals surface area contributed by atoms with Crippen molar-refractivity contribution in [1.29, 1.82) is 0 Å². The standard InChI is InChI=1S/C15H15BrN2O3/c1-10(2)15(19)12-6-7-17(9-12)8-11-4-3-5-13(14(11)16)18(20)21/h3-7,9-10H,8H2,1-2H3. The van der Waals surface area contributed by atoms with E-state index in [1.165, 1.54) is 6.07 Å². The highest BCUT2D eigenvalue weighted by molar-refractivity contribution is 9.10. The number of nitrogens with zero attached hydrogens (tertiary/aromatic N) is 2. The lowest BCUT2D eigenvalue weighted by Gasteiger charge is -2.06. The normalized spacial score (nSPS) is 10.9. The Morgan fingerprint density at radius 3 is 2.71 bits per heavy atom. The molecule has 1 aromatic carbocycles. The minimum absolute atomic E-state index is 0.0399. The predicted octanol–water partition coefficient (Wildman–Crippen LogP) is 4.05. The number of carbonyl (C=O) groups excluding carboxylic acids is 1. The molecule has 2 rings (SSSR count). The second-order valence-corrected chi connectivity index (χ2v) is 5.89. The second kappa shape index (κ2) is 6.22. The van der Waals surface area contributed by atoms with Crippen LogP contribution in [0.1, 0.15) is 29.8 Å². The van der Waals surface area contributed by atoms with Crippen LogP contribution in [-0.4, -0.2) is 15.3 Å². The third-order valence-electron chi connectivity index (χ3n) is 3.17. The van der Waals surface area contributed by atoms with Gasteiger partial charge in [-0.25, -0.2) is 0 Å². The summed E-state index contributed by atoms with van der Waals surface area (Å²) >= 11 is 3.28. The molecule has 110 valence electrons. The lowest BCUT2D eigenvalue weighted by molar-refractivity contribution is -0.385. The topological polar surface area (TPSA) is 65.1 Å². The van der Waals surface area contributed by atoms with E-state index in [0.717, 1.165) is 5.56 Å². The first kappa shape index (κ1) is 15.4. The predicted molar refractivity (Wildman–Crippen MR) is 83.5 cm³/mol. The molecule has 0 bridgehead atoms. The SMILES string of the molecule is CC(C)C(=O)c1ccn(Cc2cccc([N+](=O)[O-])c2Br)c1. The maximum absolute atomic E-state index is 11.9. The number of rotatable bonds is 5. The summed E-state index contributed by atoms with van der Waals surface area (Å²) in [6.45, 7) is 4.18. The van der Waals surface area contributed by atoms with Crippen LogP contribution in [-0.2, 0) is 6.54 Å². The summed E-state index contributed by atoms with van der Waals surface area (Å²) in [5.74, 6) is 0.0391. The Morgan fingerprint density at radius 1 is 1.38 bits per heavy atom. The van der Waals surface area contributed by atoms with Gasteiger partial charge in [0.05, 0.1) is 4.92 Å². The molecule has 0 saturated heterocycles. The molecular weight excluding hydrogens is 336 g/mol. The number of aromatic nitrogens is 1. The smallest absolute Gasteiger partial charge is 0.283 e. The highest BCUT2D eigenvalue weighted by atomic mass is 79.9. The largest absolute Gasteiger partial charge is 0.349 e. The Morgan fingerprint density at radius 2 is 2.10 bits per heavy atom. The summed E-state index contributed by atoms with van der Waals surface area (Å²) in [7, 11) is 0. The van der Waals surface area contributed by atoms with E-state index in [1.54, 1.807) is 24.5 Å².